The van der Waals surface area contributed by atoms with Crippen molar-refractivity contribution in [3.8, 4) is 11.4 Å². The minimum atomic E-state index is -4.62. The van der Waals surface area contributed by atoms with E-state index in [-0.39, 0.29) is 40.2 Å². The number of methoxy groups -OCH3 is 1. The van der Waals surface area contributed by atoms with Crippen molar-refractivity contribution in [3.05, 3.63) is 99.4 Å². The fourth-order valence-electron chi connectivity index (χ4n) is 3.80. The Labute approximate surface area is 241 Å². The van der Waals surface area contributed by atoms with Crippen LogP contribution in [0.3, 0.4) is 0 Å². The number of anilines is 1. The molecule has 4 rings (SSSR count). The minimum Gasteiger partial charge on any atom is -0.497 e. The lowest BCUT2D eigenvalue weighted by atomic mass is 10.1. The maximum absolute atomic E-state index is 13.5. The van der Waals surface area contributed by atoms with Crippen LogP contribution in [0.2, 0.25) is 0 Å². The maximum atomic E-state index is 13.5. The highest BCUT2D eigenvalue weighted by atomic mass is 32.2. The number of carbonyl (C=O) groups excluding carboxylic acids is 2. The molecule has 1 aromatic heterocycles. The average molecular weight is 601 g/mol. The van der Waals surface area contributed by atoms with E-state index >= 15 is 0 Å². The minimum absolute atomic E-state index is 0.0160. The van der Waals surface area contributed by atoms with Gasteiger partial charge in [-0.25, -0.2) is 0 Å². The molecule has 42 heavy (non-hydrogen) atoms. The molecule has 0 atom stereocenters. The van der Waals surface area contributed by atoms with E-state index in [0.29, 0.717) is 17.0 Å². The second-order valence-electron chi connectivity index (χ2n) is 8.79. The van der Waals surface area contributed by atoms with Crippen molar-refractivity contribution in [2.24, 2.45) is 0 Å². The number of amides is 2. The van der Waals surface area contributed by atoms with Gasteiger partial charge in [-0.05, 0) is 55.5 Å². The van der Waals surface area contributed by atoms with Gasteiger partial charge in [-0.15, -0.1) is 10.2 Å². The van der Waals surface area contributed by atoms with Gasteiger partial charge in [0.25, 0.3) is 11.6 Å². The fourth-order valence-corrected chi connectivity index (χ4v) is 4.57. The zero-order valence-corrected chi connectivity index (χ0v) is 23.0. The molecule has 3 aromatic carbocycles. The van der Waals surface area contributed by atoms with Crippen LogP contribution in [-0.4, -0.2) is 44.4 Å². The van der Waals surface area contributed by atoms with E-state index in [0.717, 1.165) is 30.0 Å². The number of hydrogen-bond acceptors (Lipinski definition) is 8. The maximum Gasteiger partial charge on any atom is 0.416 e. The molecule has 0 bridgehead atoms. The summed E-state index contributed by atoms with van der Waals surface area (Å²) in [6.45, 7) is 1.26. The van der Waals surface area contributed by atoms with Crippen molar-refractivity contribution >= 4 is 35.0 Å². The number of benzene rings is 3. The Bertz CT molecular complexity index is 1630. The highest BCUT2D eigenvalue weighted by molar-refractivity contribution is 7.99. The van der Waals surface area contributed by atoms with Gasteiger partial charge in [-0.3, -0.25) is 24.3 Å². The summed E-state index contributed by atoms with van der Waals surface area (Å²) >= 11 is 0.932. The fraction of sp³-hybridized carbons (Fsp3) is 0.185. The predicted molar refractivity (Wildman–Crippen MR) is 148 cm³/mol. The molecule has 0 aliphatic rings. The quantitative estimate of drug-likeness (QED) is 0.144. The van der Waals surface area contributed by atoms with E-state index in [1.165, 1.54) is 42.9 Å². The molecule has 11 nitrogen and oxygen atoms in total. The molecule has 15 heteroatoms. The lowest BCUT2D eigenvalue weighted by Gasteiger charge is -2.13. The Morgan fingerprint density at radius 1 is 1.07 bits per heavy atom. The van der Waals surface area contributed by atoms with E-state index in [9.17, 15) is 32.9 Å². The molecule has 2 amide bonds. The Morgan fingerprint density at radius 2 is 1.81 bits per heavy atom. The van der Waals surface area contributed by atoms with Gasteiger partial charge < -0.3 is 15.4 Å². The third kappa shape index (κ3) is 7.23. The zero-order valence-electron chi connectivity index (χ0n) is 22.1. The zero-order chi connectivity index (χ0) is 30.4. The topological polar surface area (TPSA) is 141 Å². The normalized spacial score (nSPS) is 11.2. The molecule has 0 fully saturated rings. The number of nitrogens with one attached hydrogen (secondary N) is 2. The molecule has 0 radical (unpaired) electrons. The third-order valence-corrected chi connectivity index (χ3v) is 6.84. The lowest BCUT2D eigenvalue weighted by molar-refractivity contribution is -0.385. The number of nitro groups is 1. The van der Waals surface area contributed by atoms with Gasteiger partial charge in [0.2, 0.25) is 5.91 Å². The smallest absolute Gasteiger partial charge is 0.416 e. The summed E-state index contributed by atoms with van der Waals surface area (Å²) in [7, 11) is 1.51. The Hall–Kier alpha value is -4.92. The van der Waals surface area contributed by atoms with Crippen molar-refractivity contribution in [3.63, 3.8) is 0 Å². The number of nitrogens with zero attached hydrogens (tertiary/aromatic N) is 4. The number of alkyl halides is 3. The number of halogens is 3. The summed E-state index contributed by atoms with van der Waals surface area (Å²) in [6.07, 6.45) is -4.62. The molecule has 0 aliphatic heterocycles. The Morgan fingerprint density at radius 3 is 2.48 bits per heavy atom. The van der Waals surface area contributed by atoms with Crippen LogP contribution in [0.15, 0.2) is 71.9 Å². The van der Waals surface area contributed by atoms with Crippen LogP contribution in [0.5, 0.6) is 5.75 Å². The molecule has 0 aliphatic carbocycles. The number of thioether (sulfide) groups is 1. The molecule has 0 saturated carbocycles. The number of carbonyl (C=O) groups is 2. The predicted octanol–water partition coefficient (Wildman–Crippen LogP) is 5.17. The van der Waals surface area contributed by atoms with Gasteiger partial charge in [0.15, 0.2) is 11.0 Å². The highest BCUT2D eigenvalue weighted by Gasteiger charge is 2.31. The van der Waals surface area contributed by atoms with Crippen molar-refractivity contribution in [2.45, 2.75) is 24.8 Å². The van der Waals surface area contributed by atoms with Crippen LogP contribution in [-0.2, 0) is 17.5 Å². The SMILES string of the molecule is COc1ccc(NC(=O)CSc2nnc(CNC(=O)c3ccc(C)c([N+](=O)[O-])c3)n2-c2cccc(C(F)(F)F)c2)cc1. The van der Waals surface area contributed by atoms with Crippen LogP contribution >= 0.6 is 11.8 Å². The number of rotatable bonds is 10. The molecule has 0 unspecified atom stereocenters. The van der Waals surface area contributed by atoms with E-state index in [4.69, 9.17) is 4.74 Å². The lowest BCUT2D eigenvalue weighted by Crippen LogP contribution is -2.25. The van der Waals surface area contributed by atoms with Crippen molar-refractivity contribution < 1.29 is 32.4 Å². The summed E-state index contributed by atoms with van der Waals surface area (Å²) in [6, 6.07) is 15.1. The van der Waals surface area contributed by atoms with Crippen molar-refractivity contribution in [2.75, 3.05) is 18.2 Å². The monoisotopic (exact) mass is 600 g/mol. The van der Waals surface area contributed by atoms with Crippen molar-refractivity contribution in [1.29, 1.82) is 0 Å². The number of nitro benzene ring substituents is 1. The van der Waals surface area contributed by atoms with E-state index < -0.39 is 28.5 Å². The first-order valence-electron chi connectivity index (χ1n) is 12.2. The summed E-state index contributed by atoms with van der Waals surface area (Å²) < 4.78 is 46.8. The molecule has 218 valence electrons. The van der Waals surface area contributed by atoms with E-state index in [1.807, 2.05) is 0 Å². The first kappa shape index (κ1) is 30.0. The second-order valence-corrected chi connectivity index (χ2v) is 9.73. The first-order valence-corrected chi connectivity index (χ1v) is 13.2. The van der Waals surface area contributed by atoms with E-state index in [2.05, 4.69) is 20.8 Å². The average Bonchev–Trinajstić information content (AvgIpc) is 3.37. The molecule has 0 spiro atoms. The molecule has 0 saturated heterocycles. The summed E-state index contributed by atoms with van der Waals surface area (Å²) in [5.41, 5.74) is -0.186. The molecule has 4 aromatic rings. The van der Waals surface area contributed by atoms with Crippen LogP contribution in [0.25, 0.3) is 5.69 Å². The van der Waals surface area contributed by atoms with Gasteiger partial charge in [-0.2, -0.15) is 13.2 Å². The van der Waals surface area contributed by atoms with Gasteiger partial charge in [0, 0.05) is 22.9 Å². The van der Waals surface area contributed by atoms with Gasteiger partial charge in [0.1, 0.15) is 5.75 Å². The van der Waals surface area contributed by atoms with Crippen LogP contribution in [0, 0.1) is 17.0 Å². The number of aryl methyl sites for hydroxylation is 1. The van der Waals surface area contributed by atoms with Gasteiger partial charge in [-0.1, -0.05) is 23.9 Å². The highest BCUT2D eigenvalue weighted by Crippen LogP contribution is 2.32. The summed E-state index contributed by atoms with van der Waals surface area (Å²) in [4.78, 5) is 36.0. The Balaban J connectivity index is 1.56. The van der Waals surface area contributed by atoms with Crippen molar-refractivity contribution in [1.82, 2.24) is 20.1 Å². The molecular weight excluding hydrogens is 577 g/mol. The molecule has 1 heterocycles. The summed E-state index contributed by atoms with van der Waals surface area (Å²) in [5, 5.41) is 24.7. The van der Waals surface area contributed by atoms with Gasteiger partial charge in [0.05, 0.1) is 35.6 Å². The Kier molecular flexibility index (Phi) is 9.10. The number of aromatic nitrogens is 3. The number of ether oxygens (including phenoxy) is 1. The first-order chi connectivity index (χ1) is 20.0. The summed E-state index contributed by atoms with van der Waals surface area (Å²) in [5.74, 6) is -0.536. The van der Waals surface area contributed by atoms with E-state index in [1.54, 1.807) is 24.3 Å². The molecule has 2 N–H and O–H groups in total. The van der Waals surface area contributed by atoms with Crippen LogP contribution in [0.4, 0.5) is 24.5 Å². The molecular formula is C27H23F3N6O5S. The van der Waals surface area contributed by atoms with Gasteiger partial charge >= 0.3 is 6.18 Å². The standard InChI is InChI=1S/C27H23F3N6O5S/c1-16-6-7-17(12-22(16)36(39)40)25(38)31-14-23-33-34-26(35(23)20-5-3-4-18(13-20)27(28,29)30)42-15-24(37)32-19-8-10-21(41-2)11-9-19/h3-13H,14-15H2,1-2H3,(H,31,38)(H,32,37). The largest absolute Gasteiger partial charge is 0.497 e. The van der Waals surface area contributed by atoms with Crippen LogP contribution in [0.1, 0.15) is 27.3 Å². The third-order valence-electron chi connectivity index (χ3n) is 5.91. The van der Waals surface area contributed by atoms with Crippen LogP contribution < -0.4 is 15.4 Å². The second kappa shape index (κ2) is 12.7. The number of hydrogen-bond donors (Lipinski definition) is 2.